The Morgan fingerprint density at radius 2 is 0.696 bits per heavy atom. The predicted molar refractivity (Wildman–Crippen MR) is 83.5 cm³/mol. The van der Waals surface area contributed by atoms with Crippen LogP contribution in [0.5, 0.6) is 0 Å². The monoisotopic (exact) mass is 405 g/mol. The summed E-state index contributed by atoms with van der Waals surface area (Å²) in [7, 11) is 0. The number of rotatable bonds is 1. The second kappa shape index (κ2) is 49.6. The first-order chi connectivity index (χ1) is 8.84. The van der Waals surface area contributed by atoms with E-state index in [1.165, 1.54) is 0 Å². The van der Waals surface area contributed by atoms with Gasteiger partial charge in [-0.25, -0.2) is 0 Å². The zero-order valence-corrected chi connectivity index (χ0v) is 16.4. The molecule has 13 heteroatoms. The number of aliphatic carboxylic acids is 4. The van der Waals surface area contributed by atoms with Gasteiger partial charge in [0, 0.05) is 60.3 Å². The summed E-state index contributed by atoms with van der Waals surface area (Å²) in [5.41, 5.74) is 9.81. The van der Waals surface area contributed by atoms with Crippen molar-refractivity contribution in [1.82, 2.24) is 6.15 Å². The van der Waals surface area contributed by atoms with Gasteiger partial charge in [-0.3, -0.25) is 19.2 Å². The Labute approximate surface area is 170 Å². The molecule has 0 aromatic heterocycles. The molecule has 11 nitrogen and oxygen atoms in total. The molecule has 11 N–H and O–H groups in total. The average molecular weight is 407 g/mol. The van der Waals surface area contributed by atoms with E-state index in [4.69, 9.17) is 51.1 Å². The second-order valence-electron chi connectivity index (χ2n) is 2.65. The molecule has 0 rings (SSSR count). The molecule has 0 aromatic rings. The van der Waals surface area contributed by atoms with Crippen molar-refractivity contribution in [1.29, 1.82) is 0 Å². The zero-order chi connectivity index (χ0) is 17.7. The zero-order valence-electron chi connectivity index (χ0n) is 13.4. The van der Waals surface area contributed by atoms with E-state index >= 15 is 0 Å². The minimum Gasteiger partial charge on any atom is 0 e. The Hall–Kier alpha value is -0.617. The fraction of sp³-hybridized carbons (Fsp3) is 0.600. The third-order valence-corrected chi connectivity index (χ3v) is 0.167. The van der Waals surface area contributed by atoms with Gasteiger partial charge in [-0.1, -0.05) is 0 Å². The van der Waals surface area contributed by atoms with Crippen LogP contribution in [0.1, 0.15) is 27.7 Å². The van der Waals surface area contributed by atoms with Gasteiger partial charge in [0.1, 0.15) is 0 Å². The van der Waals surface area contributed by atoms with Gasteiger partial charge in [0.25, 0.3) is 23.9 Å². The third-order valence-electron chi connectivity index (χ3n) is 0.167. The van der Waals surface area contributed by atoms with Crippen molar-refractivity contribution in [2.75, 3.05) is 13.1 Å². The fourth-order valence-electron chi connectivity index (χ4n) is 0. The molecule has 0 atom stereocenters. The van der Waals surface area contributed by atoms with E-state index in [1.54, 1.807) is 0 Å². The van der Waals surface area contributed by atoms with Crippen molar-refractivity contribution >= 4 is 53.4 Å². The molecule has 0 radical (unpaired) electrons. The van der Waals surface area contributed by atoms with Crippen molar-refractivity contribution in [2.45, 2.75) is 27.7 Å². The van der Waals surface area contributed by atoms with Crippen LogP contribution in [0, 0.1) is 0 Å². The maximum atomic E-state index is 9.00. The van der Waals surface area contributed by atoms with Gasteiger partial charge in [0.2, 0.25) is 0 Å². The fourth-order valence-corrected chi connectivity index (χ4v) is 0. The second-order valence-corrected chi connectivity index (χ2v) is 2.65. The van der Waals surface area contributed by atoms with Crippen LogP contribution in [0.15, 0.2) is 0 Å². The molecule has 0 heterocycles. The minimum absolute atomic E-state index is 0. The number of carboxylic acid groups (broad SMARTS) is 4. The number of nitrogens with two attached hydrogens (primary N) is 2. The average Bonchev–Trinajstić information content (AvgIpc) is 2.13. The Morgan fingerprint density at radius 3 is 0.696 bits per heavy atom. The van der Waals surface area contributed by atoms with Crippen LogP contribution in [-0.4, -0.2) is 87.0 Å². The maximum absolute atomic E-state index is 9.00. The van der Waals surface area contributed by atoms with Crippen molar-refractivity contribution < 1.29 is 59.1 Å². The van der Waals surface area contributed by atoms with E-state index in [9.17, 15) is 0 Å². The van der Waals surface area contributed by atoms with Gasteiger partial charge in [-0.15, -0.1) is 0 Å². The summed E-state index contributed by atoms with van der Waals surface area (Å²) in [5.74, 6) is -3.33. The molecule has 0 spiro atoms. The van der Waals surface area contributed by atoms with Gasteiger partial charge < -0.3 is 38.0 Å². The summed E-state index contributed by atoms with van der Waals surface area (Å²) in [4.78, 5) is 36.0. The molecule has 0 aliphatic heterocycles. The standard InChI is InChI=1S/C2H8N2.4C2H4O2.H3N.Na.Zn.H/c3-1-2-4;4*1-2(3)4;;;;/h1-4H2;4*1H3,(H,3,4);1H3;;;. The Morgan fingerprint density at radius 1 is 0.652 bits per heavy atom. The minimum atomic E-state index is -0.833. The molecule has 23 heavy (non-hydrogen) atoms. The first kappa shape index (κ1) is 49.5. The molecule has 0 bridgehead atoms. The summed E-state index contributed by atoms with van der Waals surface area (Å²) < 4.78 is 0. The SMILES string of the molecule is CC(=O)O.CC(=O)O.CC(=O)O.CC(=O)O.N.NCCN.[NaH].[Zn]. The van der Waals surface area contributed by atoms with E-state index in [2.05, 4.69) is 0 Å². The summed E-state index contributed by atoms with van der Waals surface area (Å²) in [6, 6.07) is 0. The van der Waals surface area contributed by atoms with Crippen LogP contribution < -0.4 is 17.6 Å². The van der Waals surface area contributed by atoms with Crippen molar-refractivity contribution in [2.24, 2.45) is 11.5 Å². The first-order valence-corrected chi connectivity index (χ1v) is 5.03. The first-order valence-electron chi connectivity index (χ1n) is 5.03. The number of hydrogen-bond donors (Lipinski definition) is 7. The summed E-state index contributed by atoms with van der Waals surface area (Å²) in [5, 5.41) is 29.7. The molecule has 0 saturated carbocycles. The van der Waals surface area contributed by atoms with Crippen molar-refractivity contribution in [3.63, 3.8) is 0 Å². The van der Waals surface area contributed by atoms with Crippen LogP contribution in [0.3, 0.4) is 0 Å². The Balaban J connectivity index is -0.0000000197. The van der Waals surface area contributed by atoms with Gasteiger partial charge in [-0.05, 0) is 0 Å². The molecule has 0 aliphatic rings. The molecule has 0 aromatic carbocycles. The van der Waals surface area contributed by atoms with E-state index in [-0.39, 0.29) is 55.2 Å². The summed E-state index contributed by atoms with van der Waals surface area (Å²) in [6.45, 7) is 5.53. The molecule has 0 amide bonds. The molecule has 0 aliphatic carbocycles. The Bertz CT molecular complexity index is 204. The molecule has 0 fully saturated rings. The van der Waals surface area contributed by atoms with Crippen LogP contribution in [0.2, 0.25) is 0 Å². The van der Waals surface area contributed by atoms with Gasteiger partial charge >= 0.3 is 29.6 Å². The van der Waals surface area contributed by atoms with Gasteiger partial charge in [0.15, 0.2) is 0 Å². The normalized spacial score (nSPS) is 5.65. The summed E-state index contributed by atoms with van der Waals surface area (Å²) in [6.07, 6.45) is 0. The Kier molecular flexibility index (Phi) is 107. The molecular weight excluding hydrogens is 379 g/mol. The summed E-state index contributed by atoms with van der Waals surface area (Å²) >= 11 is 0. The quantitative estimate of drug-likeness (QED) is 0.254. The van der Waals surface area contributed by atoms with E-state index in [1.807, 2.05) is 0 Å². The topological polar surface area (TPSA) is 236 Å². The van der Waals surface area contributed by atoms with Crippen LogP contribution in [0.4, 0.5) is 0 Å². The molecule has 0 saturated heterocycles. The van der Waals surface area contributed by atoms with Crippen LogP contribution in [0.25, 0.3) is 0 Å². The number of carbonyl (C=O) groups is 4. The van der Waals surface area contributed by atoms with E-state index < -0.39 is 23.9 Å². The van der Waals surface area contributed by atoms with Crippen molar-refractivity contribution in [3.05, 3.63) is 0 Å². The van der Waals surface area contributed by atoms with Gasteiger partial charge in [0.05, 0.1) is 0 Å². The molecule has 0 unspecified atom stereocenters. The van der Waals surface area contributed by atoms with E-state index in [0.717, 1.165) is 27.7 Å². The predicted octanol–water partition coefficient (Wildman–Crippen LogP) is -1.22. The number of hydrogen-bond acceptors (Lipinski definition) is 7. The largest absolute Gasteiger partial charge is 0 e. The smallest absolute Gasteiger partial charge is 0 e. The van der Waals surface area contributed by atoms with E-state index in [0.29, 0.717) is 13.1 Å². The van der Waals surface area contributed by atoms with Gasteiger partial charge in [-0.2, -0.15) is 0 Å². The van der Waals surface area contributed by atoms with Crippen molar-refractivity contribution in [3.8, 4) is 0 Å². The maximum Gasteiger partial charge on any atom is 0 e. The van der Waals surface area contributed by atoms with Crippen LogP contribution >= 0.6 is 0 Å². The number of carboxylic acids is 4. The molecule has 134 valence electrons. The molecular formula is C10H28N3NaO8Zn. The third kappa shape index (κ3) is 54700. The van der Waals surface area contributed by atoms with Crippen LogP contribution in [-0.2, 0) is 38.7 Å².